The zero-order chi connectivity index (χ0) is 19.8. The molecule has 0 unspecified atom stereocenters. The van der Waals surface area contributed by atoms with E-state index in [4.69, 9.17) is 14.2 Å². The van der Waals surface area contributed by atoms with E-state index >= 15 is 0 Å². The van der Waals surface area contributed by atoms with E-state index in [2.05, 4.69) is 15.9 Å². The highest BCUT2D eigenvalue weighted by Crippen LogP contribution is 2.16. The van der Waals surface area contributed by atoms with Crippen LogP contribution in [0.25, 0.3) is 0 Å². The van der Waals surface area contributed by atoms with Crippen LogP contribution in [0.5, 0.6) is 11.5 Å². The molecule has 0 saturated heterocycles. The van der Waals surface area contributed by atoms with Crippen LogP contribution in [0.3, 0.4) is 0 Å². The molecule has 0 N–H and O–H groups in total. The summed E-state index contributed by atoms with van der Waals surface area (Å²) in [5, 5.41) is 0. The Labute approximate surface area is 171 Å². The predicted octanol–water partition coefficient (Wildman–Crippen LogP) is 4.90. The fourth-order valence-electron chi connectivity index (χ4n) is 2.30. The Hall–Kier alpha value is -3.12. The Balaban J connectivity index is 1.47. The maximum Gasteiger partial charge on any atom is 0.343 e. The molecule has 0 heterocycles. The topological polar surface area (TPSA) is 61.8 Å². The Morgan fingerprint density at radius 3 is 1.96 bits per heavy atom. The number of ether oxygens (including phenoxy) is 3. The van der Waals surface area contributed by atoms with Crippen molar-refractivity contribution in [2.24, 2.45) is 0 Å². The van der Waals surface area contributed by atoms with Gasteiger partial charge in [-0.15, -0.1) is 0 Å². The summed E-state index contributed by atoms with van der Waals surface area (Å²) in [6, 6.07) is 22.3. The van der Waals surface area contributed by atoms with E-state index in [1.165, 1.54) is 0 Å². The first-order chi connectivity index (χ1) is 13.6. The molecule has 0 amide bonds. The van der Waals surface area contributed by atoms with E-state index < -0.39 is 11.9 Å². The van der Waals surface area contributed by atoms with Crippen molar-refractivity contribution in [3.8, 4) is 11.5 Å². The summed E-state index contributed by atoms with van der Waals surface area (Å²) in [6.45, 7) is 0.396. The van der Waals surface area contributed by atoms with Crippen LogP contribution in [0, 0.1) is 0 Å². The third kappa shape index (κ3) is 5.69. The highest BCUT2D eigenvalue weighted by molar-refractivity contribution is 9.10. The summed E-state index contributed by atoms with van der Waals surface area (Å²) in [4.78, 5) is 24.1. The average molecular weight is 441 g/mol. The van der Waals surface area contributed by atoms with Crippen molar-refractivity contribution >= 4 is 27.9 Å². The largest absolute Gasteiger partial charge is 0.490 e. The lowest BCUT2D eigenvalue weighted by Gasteiger charge is -2.08. The molecule has 3 aromatic carbocycles. The molecule has 0 aliphatic heterocycles. The van der Waals surface area contributed by atoms with Crippen LogP contribution in [0.2, 0.25) is 0 Å². The fourth-order valence-corrected chi connectivity index (χ4v) is 2.57. The van der Waals surface area contributed by atoms with Gasteiger partial charge in [0.1, 0.15) is 24.7 Å². The number of para-hydroxylation sites is 1. The van der Waals surface area contributed by atoms with Crippen molar-refractivity contribution in [3.63, 3.8) is 0 Å². The lowest BCUT2D eigenvalue weighted by atomic mass is 10.2. The van der Waals surface area contributed by atoms with Crippen molar-refractivity contribution in [2.45, 2.75) is 0 Å². The summed E-state index contributed by atoms with van der Waals surface area (Å²) in [7, 11) is 0. The quantitative estimate of drug-likeness (QED) is 0.297. The summed E-state index contributed by atoms with van der Waals surface area (Å²) < 4.78 is 16.8. The number of benzene rings is 3. The van der Waals surface area contributed by atoms with Gasteiger partial charge in [0.2, 0.25) is 0 Å². The lowest BCUT2D eigenvalue weighted by Crippen LogP contribution is -2.12. The van der Waals surface area contributed by atoms with Crippen LogP contribution in [-0.4, -0.2) is 25.2 Å². The number of halogens is 1. The van der Waals surface area contributed by atoms with Gasteiger partial charge in [-0.1, -0.05) is 34.1 Å². The Bertz CT molecular complexity index is 921. The van der Waals surface area contributed by atoms with Crippen LogP contribution >= 0.6 is 15.9 Å². The van der Waals surface area contributed by atoms with Gasteiger partial charge >= 0.3 is 11.9 Å². The minimum Gasteiger partial charge on any atom is -0.490 e. The molecule has 5 nitrogen and oxygen atoms in total. The van der Waals surface area contributed by atoms with Gasteiger partial charge in [-0.25, -0.2) is 9.59 Å². The second kappa shape index (κ2) is 9.71. The van der Waals surface area contributed by atoms with Crippen LogP contribution in [-0.2, 0) is 4.74 Å². The molecule has 0 spiro atoms. The molecular weight excluding hydrogens is 424 g/mol. The van der Waals surface area contributed by atoms with Crippen LogP contribution in [0.15, 0.2) is 83.3 Å². The number of rotatable bonds is 7. The fraction of sp³-hybridized carbons (Fsp3) is 0.0909. The second-order valence-electron chi connectivity index (χ2n) is 5.72. The van der Waals surface area contributed by atoms with E-state index in [1.807, 2.05) is 30.3 Å². The number of hydrogen-bond donors (Lipinski definition) is 0. The maximum atomic E-state index is 12.1. The van der Waals surface area contributed by atoms with E-state index in [1.54, 1.807) is 48.5 Å². The van der Waals surface area contributed by atoms with Crippen molar-refractivity contribution in [1.82, 2.24) is 0 Å². The maximum absolute atomic E-state index is 12.1. The summed E-state index contributed by atoms with van der Waals surface area (Å²) in [5.74, 6) is 0.121. The molecule has 142 valence electrons. The van der Waals surface area contributed by atoms with Crippen molar-refractivity contribution in [1.29, 1.82) is 0 Å². The molecule has 0 aliphatic rings. The molecule has 28 heavy (non-hydrogen) atoms. The van der Waals surface area contributed by atoms with Gasteiger partial charge in [0.05, 0.1) is 11.1 Å². The zero-order valence-electron chi connectivity index (χ0n) is 14.8. The molecule has 0 radical (unpaired) electrons. The van der Waals surface area contributed by atoms with E-state index in [0.717, 1.165) is 10.2 Å². The molecule has 6 heteroatoms. The molecule has 0 aliphatic carbocycles. The van der Waals surface area contributed by atoms with Crippen molar-refractivity contribution in [2.75, 3.05) is 13.2 Å². The third-order valence-corrected chi connectivity index (χ3v) is 4.24. The monoisotopic (exact) mass is 440 g/mol. The zero-order valence-corrected chi connectivity index (χ0v) is 16.4. The van der Waals surface area contributed by atoms with Crippen molar-refractivity contribution < 1.29 is 23.8 Å². The van der Waals surface area contributed by atoms with Crippen LogP contribution < -0.4 is 9.47 Å². The first-order valence-electron chi connectivity index (χ1n) is 8.54. The van der Waals surface area contributed by atoms with Gasteiger partial charge in [-0.05, 0) is 60.7 Å². The molecule has 0 saturated carbocycles. The number of hydrogen-bond acceptors (Lipinski definition) is 5. The van der Waals surface area contributed by atoms with Crippen LogP contribution in [0.4, 0.5) is 0 Å². The number of esters is 2. The third-order valence-electron chi connectivity index (χ3n) is 3.71. The number of carbonyl (C=O) groups is 2. The minimum absolute atomic E-state index is 0.133. The van der Waals surface area contributed by atoms with Gasteiger partial charge in [0, 0.05) is 4.47 Å². The molecule has 0 aromatic heterocycles. The first-order valence-corrected chi connectivity index (χ1v) is 9.34. The first kappa shape index (κ1) is 19.6. The highest BCUT2D eigenvalue weighted by atomic mass is 79.9. The molecule has 3 aromatic rings. The van der Waals surface area contributed by atoms with Gasteiger partial charge < -0.3 is 14.2 Å². The normalized spacial score (nSPS) is 10.2. The highest BCUT2D eigenvalue weighted by Gasteiger charge is 2.11. The van der Waals surface area contributed by atoms with Gasteiger partial charge in [-0.2, -0.15) is 0 Å². The predicted molar refractivity (Wildman–Crippen MR) is 108 cm³/mol. The summed E-state index contributed by atoms with van der Waals surface area (Å²) in [6.07, 6.45) is 0. The average Bonchev–Trinajstić information content (AvgIpc) is 2.73. The second-order valence-corrected chi connectivity index (χ2v) is 6.63. The Morgan fingerprint density at radius 2 is 1.29 bits per heavy atom. The van der Waals surface area contributed by atoms with Crippen LogP contribution in [0.1, 0.15) is 20.7 Å². The van der Waals surface area contributed by atoms with Gasteiger partial charge in [0.15, 0.2) is 0 Å². The molecule has 0 bridgehead atoms. The lowest BCUT2D eigenvalue weighted by molar-refractivity contribution is 0.0450. The SMILES string of the molecule is O=C(OCCOc1ccccc1)c1ccc(OC(=O)c2ccc(Br)cc2)cc1. The smallest absolute Gasteiger partial charge is 0.343 e. The molecule has 3 rings (SSSR count). The van der Waals surface area contributed by atoms with Gasteiger partial charge in [-0.3, -0.25) is 0 Å². The van der Waals surface area contributed by atoms with Crippen molar-refractivity contribution in [3.05, 3.63) is 94.5 Å². The summed E-state index contributed by atoms with van der Waals surface area (Å²) in [5.41, 5.74) is 0.799. The van der Waals surface area contributed by atoms with E-state index in [-0.39, 0.29) is 13.2 Å². The van der Waals surface area contributed by atoms with E-state index in [0.29, 0.717) is 16.9 Å². The summed E-state index contributed by atoms with van der Waals surface area (Å²) >= 11 is 3.31. The Morgan fingerprint density at radius 1 is 0.679 bits per heavy atom. The standard InChI is InChI=1S/C22H17BrO5/c23-18-10-6-17(7-11-18)22(25)28-20-12-8-16(9-13-20)21(24)27-15-14-26-19-4-2-1-3-5-19/h1-13H,14-15H2. The molecular formula is C22H17BrO5. The van der Waals surface area contributed by atoms with Gasteiger partial charge in [0.25, 0.3) is 0 Å². The Kier molecular flexibility index (Phi) is 6.81. The molecule has 0 fully saturated rings. The number of carbonyl (C=O) groups excluding carboxylic acids is 2. The minimum atomic E-state index is -0.471. The van der Waals surface area contributed by atoms with E-state index in [9.17, 15) is 9.59 Å². The molecule has 0 atom stereocenters.